The van der Waals surface area contributed by atoms with Gasteiger partial charge in [-0.1, -0.05) is 85.0 Å². The van der Waals surface area contributed by atoms with Gasteiger partial charge in [-0.2, -0.15) is 0 Å². The van der Waals surface area contributed by atoms with Crippen molar-refractivity contribution in [3.63, 3.8) is 0 Å². The van der Waals surface area contributed by atoms with Gasteiger partial charge in [-0.15, -0.1) is 0 Å². The van der Waals surface area contributed by atoms with Crippen molar-refractivity contribution < 1.29 is 0 Å². The van der Waals surface area contributed by atoms with Gasteiger partial charge in [0.1, 0.15) is 0 Å². The zero-order valence-corrected chi connectivity index (χ0v) is 12.4. The molecule has 0 spiro atoms. The molecule has 1 aliphatic rings. The minimum atomic E-state index is 0.836. The lowest BCUT2D eigenvalue weighted by atomic mass is 9.94. The quantitative estimate of drug-likeness (QED) is 0.847. The Morgan fingerprint density at radius 3 is 2.18 bits per heavy atom. The summed E-state index contributed by atoms with van der Waals surface area (Å²) < 4.78 is 0. The molecule has 0 heterocycles. The second kappa shape index (κ2) is 6.77. The molecule has 2 N–H and O–H groups in total. The molecular formula is C21H19N. The van der Waals surface area contributed by atoms with Gasteiger partial charge in [-0.05, 0) is 34.8 Å². The van der Waals surface area contributed by atoms with Crippen LogP contribution in [0.1, 0.15) is 17.5 Å². The van der Waals surface area contributed by atoms with Gasteiger partial charge in [-0.25, -0.2) is 0 Å². The van der Waals surface area contributed by atoms with Gasteiger partial charge in [0.2, 0.25) is 0 Å². The lowest BCUT2D eigenvalue weighted by molar-refractivity contribution is 1.20. The maximum Gasteiger partial charge on any atom is 0.0276 e. The van der Waals surface area contributed by atoms with E-state index in [1.54, 1.807) is 0 Å². The average molecular weight is 285 g/mol. The summed E-state index contributed by atoms with van der Waals surface area (Å²) in [5, 5.41) is 0. The third kappa shape index (κ3) is 3.44. The fraction of sp³-hybridized carbons (Fsp3) is 0.0476. The molecule has 3 rings (SSSR count). The highest BCUT2D eigenvalue weighted by atomic mass is 14.6. The SMILES string of the molecule is NC1=CCC(=C(C=Cc2ccccc2)c2ccccc2)C=C1. The zero-order chi connectivity index (χ0) is 15.2. The van der Waals surface area contributed by atoms with Crippen LogP contribution in [0, 0.1) is 0 Å². The second-order valence-corrected chi connectivity index (χ2v) is 5.29. The molecule has 1 aliphatic carbocycles. The third-order valence-electron chi connectivity index (χ3n) is 3.71. The van der Waals surface area contributed by atoms with Crippen LogP contribution in [0.2, 0.25) is 0 Å². The van der Waals surface area contributed by atoms with E-state index in [9.17, 15) is 0 Å². The summed E-state index contributed by atoms with van der Waals surface area (Å²) in [6.07, 6.45) is 11.4. The standard InChI is InChI=1S/C21H19N/c22-20-14-12-19(13-15-20)21(18-9-5-2-6-10-18)16-11-17-7-3-1-4-8-17/h1-12,14-16H,13,22H2. The first-order valence-corrected chi connectivity index (χ1v) is 7.48. The van der Waals surface area contributed by atoms with E-state index in [4.69, 9.17) is 5.73 Å². The topological polar surface area (TPSA) is 26.0 Å². The van der Waals surface area contributed by atoms with Crippen LogP contribution in [0.3, 0.4) is 0 Å². The van der Waals surface area contributed by atoms with E-state index in [1.807, 2.05) is 18.2 Å². The van der Waals surface area contributed by atoms with Crippen molar-refractivity contribution in [3.8, 4) is 0 Å². The highest BCUT2D eigenvalue weighted by molar-refractivity contribution is 5.83. The van der Waals surface area contributed by atoms with Crippen LogP contribution in [0.25, 0.3) is 11.6 Å². The van der Waals surface area contributed by atoms with Crippen molar-refractivity contribution in [2.24, 2.45) is 5.73 Å². The largest absolute Gasteiger partial charge is 0.399 e. The summed E-state index contributed by atoms with van der Waals surface area (Å²) in [4.78, 5) is 0. The predicted octanol–water partition coefficient (Wildman–Crippen LogP) is 4.96. The summed E-state index contributed by atoms with van der Waals surface area (Å²) in [6, 6.07) is 20.8. The molecule has 0 aromatic heterocycles. The van der Waals surface area contributed by atoms with Crippen LogP contribution in [-0.4, -0.2) is 0 Å². The first-order chi connectivity index (χ1) is 10.8. The van der Waals surface area contributed by atoms with Gasteiger partial charge in [0.25, 0.3) is 0 Å². The monoisotopic (exact) mass is 285 g/mol. The number of allylic oxidation sites excluding steroid dienone is 6. The summed E-state index contributed by atoms with van der Waals surface area (Å²) in [5.41, 5.74) is 11.6. The lowest BCUT2D eigenvalue weighted by Crippen LogP contribution is -1.98. The number of benzene rings is 2. The van der Waals surface area contributed by atoms with Crippen molar-refractivity contribution in [3.05, 3.63) is 107 Å². The molecule has 0 radical (unpaired) electrons. The van der Waals surface area contributed by atoms with E-state index in [0.717, 1.165) is 12.1 Å². The van der Waals surface area contributed by atoms with Gasteiger partial charge in [0.15, 0.2) is 0 Å². The van der Waals surface area contributed by atoms with Crippen molar-refractivity contribution in [1.29, 1.82) is 0 Å². The van der Waals surface area contributed by atoms with Crippen LogP contribution in [-0.2, 0) is 0 Å². The minimum Gasteiger partial charge on any atom is -0.399 e. The summed E-state index contributed by atoms with van der Waals surface area (Å²) >= 11 is 0. The Labute approximate surface area is 131 Å². The Morgan fingerprint density at radius 2 is 1.55 bits per heavy atom. The fourth-order valence-electron chi connectivity index (χ4n) is 2.51. The Hall–Kier alpha value is -2.80. The van der Waals surface area contributed by atoms with Crippen LogP contribution < -0.4 is 5.73 Å². The fourth-order valence-corrected chi connectivity index (χ4v) is 2.51. The number of hydrogen-bond donors (Lipinski definition) is 1. The normalized spacial score (nSPS) is 16.6. The number of rotatable bonds is 3. The molecule has 0 unspecified atom stereocenters. The molecule has 0 aliphatic heterocycles. The molecule has 108 valence electrons. The molecule has 2 aromatic carbocycles. The van der Waals surface area contributed by atoms with Crippen molar-refractivity contribution in [2.45, 2.75) is 6.42 Å². The molecule has 1 heteroatoms. The molecule has 0 fully saturated rings. The average Bonchev–Trinajstić information content (AvgIpc) is 2.58. The van der Waals surface area contributed by atoms with Gasteiger partial charge < -0.3 is 5.73 Å². The van der Waals surface area contributed by atoms with Crippen molar-refractivity contribution in [1.82, 2.24) is 0 Å². The number of hydrogen-bond acceptors (Lipinski definition) is 1. The molecule has 0 saturated heterocycles. The summed E-state index contributed by atoms with van der Waals surface area (Å²) in [7, 11) is 0. The molecule has 1 nitrogen and oxygen atoms in total. The van der Waals surface area contributed by atoms with Gasteiger partial charge >= 0.3 is 0 Å². The molecule has 0 bridgehead atoms. The smallest absolute Gasteiger partial charge is 0.0276 e. The van der Waals surface area contributed by atoms with Gasteiger partial charge in [0, 0.05) is 5.70 Å². The van der Waals surface area contributed by atoms with E-state index in [1.165, 1.54) is 22.3 Å². The Bertz CT molecular complexity index is 747. The van der Waals surface area contributed by atoms with Crippen LogP contribution in [0.15, 0.2) is 96.2 Å². The van der Waals surface area contributed by atoms with Crippen LogP contribution >= 0.6 is 0 Å². The minimum absolute atomic E-state index is 0.836. The van der Waals surface area contributed by atoms with Gasteiger partial charge in [-0.3, -0.25) is 0 Å². The summed E-state index contributed by atoms with van der Waals surface area (Å²) in [6.45, 7) is 0. The van der Waals surface area contributed by atoms with Crippen molar-refractivity contribution >= 4 is 11.6 Å². The Morgan fingerprint density at radius 1 is 0.864 bits per heavy atom. The highest BCUT2D eigenvalue weighted by Gasteiger charge is 2.06. The molecule has 0 atom stereocenters. The maximum atomic E-state index is 5.83. The highest BCUT2D eigenvalue weighted by Crippen LogP contribution is 2.27. The van der Waals surface area contributed by atoms with E-state index >= 15 is 0 Å². The molecule has 2 aromatic rings. The lowest BCUT2D eigenvalue weighted by Gasteiger charge is -2.12. The molecule has 0 saturated carbocycles. The molecule has 0 amide bonds. The van der Waals surface area contributed by atoms with Crippen LogP contribution in [0.4, 0.5) is 0 Å². The van der Waals surface area contributed by atoms with Crippen molar-refractivity contribution in [2.75, 3.05) is 0 Å². The Balaban J connectivity index is 2.00. The molecule has 22 heavy (non-hydrogen) atoms. The summed E-state index contributed by atoms with van der Waals surface area (Å²) in [5.74, 6) is 0. The first kappa shape index (κ1) is 14.2. The van der Waals surface area contributed by atoms with Crippen LogP contribution in [0.5, 0.6) is 0 Å². The van der Waals surface area contributed by atoms with Gasteiger partial charge in [0.05, 0.1) is 0 Å². The number of nitrogens with two attached hydrogens (primary N) is 1. The second-order valence-electron chi connectivity index (χ2n) is 5.29. The van der Waals surface area contributed by atoms with E-state index in [-0.39, 0.29) is 0 Å². The predicted molar refractivity (Wildman–Crippen MR) is 94.9 cm³/mol. The maximum absolute atomic E-state index is 5.83. The van der Waals surface area contributed by atoms with E-state index in [0.29, 0.717) is 0 Å². The molecular weight excluding hydrogens is 266 g/mol. The third-order valence-corrected chi connectivity index (χ3v) is 3.71. The first-order valence-electron chi connectivity index (χ1n) is 7.48. The zero-order valence-electron chi connectivity index (χ0n) is 12.4. The Kier molecular flexibility index (Phi) is 4.35. The van der Waals surface area contributed by atoms with E-state index in [2.05, 4.69) is 72.8 Å². The van der Waals surface area contributed by atoms with E-state index < -0.39 is 0 Å².